The molecule has 1 aromatic rings. The molecule has 106 valence electrons. The van der Waals surface area contributed by atoms with Crippen LogP contribution in [0.2, 0.25) is 0 Å². The second kappa shape index (κ2) is 7.76. The number of nitrogens with two attached hydrogens (primary N) is 1. The summed E-state index contributed by atoms with van der Waals surface area (Å²) in [6.07, 6.45) is -0.568. The van der Waals surface area contributed by atoms with E-state index in [0.29, 0.717) is 25.3 Å². The lowest BCUT2D eigenvalue weighted by Gasteiger charge is -2.13. The maximum Gasteiger partial charge on any atom is 0.222 e. The van der Waals surface area contributed by atoms with Gasteiger partial charge in [0.2, 0.25) is 5.91 Å². The molecular weight excluding hydrogens is 242 g/mol. The second-order valence-corrected chi connectivity index (χ2v) is 4.83. The predicted octanol–water partition coefficient (Wildman–Crippen LogP) is 0.664. The SMILES string of the molecule is CC(C)C(=O)NCCNCC(O)c1ccc(N)cc1. The lowest BCUT2D eigenvalue weighted by molar-refractivity contribution is -0.123. The third kappa shape index (κ3) is 5.72. The highest BCUT2D eigenvalue weighted by molar-refractivity contribution is 5.77. The zero-order chi connectivity index (χ0) is 14.3. The summed E-state index contributed by atoms with van der Waals surface area (Å²) in [5.41, 5.74) is 7.09. The highest BCUT2D eigenvalue weighted by atomic mass is 16.3. The molecule has 1 aromatic carbocycles. The Bertz CT molecular complexity index is 390. The Morgan fingerprint density at radius 2 is 1.89 bits per heavy atom. The summed E-state index contributed by atoms with van der Waals surface area (Å²) in [5, 5.41) is 15.8. The summed E-state index contributed by atoms with van der Waals surface area (Å²) >= 11 is 0. The molecule has 5 N–H and O–H groups in total. The molecule has 1 unspecified atom stereocenters. The van der Waals surface area contributed by atoms with Crippen LogP contribution in [0.3, 0.4) is 0 Å². The van der Waals surface area contributed by atoms with Crippen LogP contribution in [-0.4, -0.2) is 30.6 Å². The van der Waals surface area contributed by atoms with Crippen molar-refractivity contribution in [3.63, 3.8) is 0 Å². The first-order valence-corrected chi connectivity index (χ1v) is 6.52. The minimum atomic E-state index is -0.568. The highest BCUT2D eigenvalue weighted by Gasteiger charge is 2.07. The van der Waals surface area contributed by atoms with Crippen molar-refractivity contribution in [3.8, 4) is 0 Å². The van der Waals surface area contributed by atoms with Crippen LogP contribution < -0.4 is 16.4 Å². The van der Waals surface area contributed by atoms with Crippen LogP contribution in [0.15, 0.2) is 24.3 Å². The van der Waals surface area contributed by atoms with E-state index in [9.17, 15) is 9.90 Å². The molecule has 1 atom stereocenters. The first kappa shape index (κ1) is 15.5. The van der Waals surface area contributed by atoms with Gasteiger partial charge in [-0.2, -0.15) is 0 Å². The van der Waals surface area contributed by atoms with Gasteiger partial charge in [-0.25, -0.2) is 0 Å². The molecule has 0 bridgehead atoms. The summed E-state index contributed by atoms with van der Waals surface area (Å²) < 4.78 is 0. The van der Waals surface area contributed by atoms with Gasteiger partial charge in [-0.05, 0) is 17.7 Å². The van der Waals surface area contributed by atoms with Crippen molar-refractivity contribution in [1.82, 2.24) is 10.6 Å². The van der Waals surface area contributed by atoms with Gasteiger partial charge >= 0.3 is 0 Å². The standard InChI is InChI=1S/C14H23N3O2/c1-10(2)14(19)17-8-7-16-9-13(18)11-3-5-12(15)6-4-11/h3-6,10,13,16,18H,7-9,15H2,1-2H3,(H,17,19). The molecule has 0 aliphatic heterocycles. The van der Waals surface area contributed by atoms with E-state index in [1.165, 1.54) is 0 Å². The largest absolute Gasteiger partial charge is 0.399 e. The topological polar surface area (TPSA) is 87.4 Å². The van der Waals surface area contributed by atoms with Crippen LogP contribution in [0.25, 0.3) is 0 Å². The van der Waals surface area contributed by atoms with E-state index >= 15 is 0 Å². The fourth-order valence-electron chi connectivity index (χ4n) is 1.55. The first-order valence-electron chi connectivity index (χ1n) is 6.52. The number of rotatable bonds is 7. The smallest absolute Gasteiger partial charge is 0.222 e. The highest BCUT2D eigenvalue weighted by Crippen LogP contribution is 2.13. The number of nitrogen functional groups attached to an aromatic ring is 1. The summed E-state index contributed by atoms with van der Waals surface area (Å²) in [6, 6.07) is 7.15. The molecule has 0 saturated heterocycles. The van der Waals surface area contributed by atoms with E-state index in [2.05, 4.69) is 10.6 Å². The molecular formula is C14H23N3O2. The Labute approximate surface area is 114 Å². The van der Waals surface area contributed by atoms with Crippen molar-refractivity contribution >= 4 is 11.6 Å². The summed E-state index contributed by atoms with van der Waals surface area (Å²) in [5.74, 6) is 0.0428. The Morgan fingerprint density at radius 3 is 2.47 bits per heavy atom. The molecule has 5 nitrogen and oxygen atoms in total. The molecule has 0 aromatic heterocycles. The van der Waals surface area contributed by atoms with Crippen molar-refractivity contribution in [2.45, 2.75) is 20.0 Å². The molecule has 0 radical (unpaired) electrons. The maximum absolute atomic E-state index is 11.3. The second-order valence-electron chi connectivity index (χ2n) is 4.83. The van der Waals surface area contributed by atoms with E-state index < -0.39 is 6.10 Å². The third-order valence-electron chi connectivity index (χ3n) is 2.78. The molecule has 19 heavy (non-hydrogen) atoms. The van der Waals surface area contributed by atoms with E-state index in [4.69, 9.17) is 5.73 Å². The van der Waals surface area contributed by atoms with E-state index in [0.717, 1.165) is 5.56 Å². The van der Waals surface area contributed by atoms with Gasteiger partial charge in [0, 0.05) is 31.2 Å². The predicted molar refractivity (Wildman–Crippen MR) is 76.5 cm³/mol. The van der Waals surface area contributed by atoms with Gasteiger partial charge in [0.25, 0.3) is 0 Å². The van der Waals surface area contributed by atoms with Crippen molar-refractivity contribution in [3.05, 3.63) is 29.8 Å². The average molecular weight is 265 g/mol. The van der Waals surface area contributed by atoms with Crippen molar-refractivity contribution in [2.24, 2.45) is 5.92 Å². The molecule has 1 amide bonds. The third-order valence-corrected chi connectivity index (χ3v) is 2.78. The van der Waals surface area contributed by atoms with Crippen LogP contribution in [0.5, 0.6) is 0 Å². The van der Waals surface area contributed by atoms with Gasteiger partial charge < -0.3 is 21.5 Å². The number of aliphatic hydroxyl groups excluding tert-OH is 1. The van der Waals surface area contributed by atoms with Crippen LogP contribution >= 0.6 is 0 Å². The molecule has 0 spiro atoms. The van der Waals surface area contributed by atoms with Crippen molar-refractivity contribution < 1.29 is 9.90 Å². The van der Waals surface area contributed by atoms with Gasteiger partial charge in [0.05, 0.1) is 6.10 Å². The van der Waals surface area contributed by atoms with E-state index in [-0.39, 0.29) is 11.8 Å². The number of carbonyl (C=O) groups is 1. The molecule has 0 saturated carbocycles. The van der Waals surface area contributed by atoms with E-state index in [1.807, 2.05) is 26.0 Å². The number of hydrogen-bond acceptors (Lipinski definition) is 4. The maximum atomic E-state index is 11.3. The number of benzene rings is 1. The first-order chi connectivity index (χ1) is 9.00. The Hall–Kier alpha value is -1.59. The van der Waals surface area contributed by atoms with Crippen LogP contribution in [0, 0.1) is 5.92 Å². The number of aliphatic hydroxyl groups is 1. The average Bonchev–Trinajstić information content (AvgIpc) is 2.38. The molecule has 0 fully saturated rings. The monoisotopic (exact) mass is 265 g/mol. The quantitative estimate of drug-likeness (QED) is 0.431. The molecule has 0 heterocycles. The minimum absolute atomic E-state index is 0.000340. The number of anilines is 1. The van der Waals surface area contributed by atoms with Crippen LogP contribution in [-0.2, 0) is 4.79 Å². The van der Waals surface area contributed by atoms with E-state index in [1.54, 1.807) is 12.1 Å². The van der Waals surface area contributed by atoms with Gasteiger partial charge in [0.1, 0.15) is 0 Å². The van der Waals surface area contributed by atoms with Gasteiger partial charge in [-0.15, -0.1) is 0 Å². The van der Waals surface area contributed by atoms with Crippen molar-refractivity contribution in [2.75, 3.05) is 25.4 Å². The normalized spacial score (nSPS) is 12.4. The fourth-order valence-corrected chi connectivity index (χ4v) is 1.55. The van der Waals surface area contributed by atoms with Crippen LogP contribution in [0.4, 0.5) is 5.69 Å². The number of amides is 1. The number of carbonyl (C=O) groups excluding carboxylic acids is 1. The van der Waals surface area contributed by atoms with Gasteiger partial charge in [-0.1, -0.05) is 26.0 Å². The molecule has 5 heteroatoms. The molecule has 1 rings (SSSR count). The lowest BCUT2D eigenvalue weighted by Crippen LogP contribution is -2.35. The molecule has 0 aliphatic carbocycles. The zero-order valence-electron chi connectivity index (χ0n) is 11.5. The summed E-state index contributed by atoms with van der Waals surface area (Å²) in [4.78, 5) is 11.3. The minimum Gasteiger partial charge on any atom is -0.399 e. The number of nitrogens with one attached hydrogen (secondary N) is 2. The zero-order valence-corrected chi connectivity index (χ0v) is 11.5. The molecule has 0 aliphatic rings. The Morgan fingerprint density at radius 1 is 1.26 bits per heavy atom. The fraction of sp³-hybridized carbons (Fsp3) is 0.500. The van der Waals surface area contributed by atoms with Gasteiger partial charge in [-0.3, -0.25) is 4.79 Å². The van der Waals surface area contributed by atoms with Gasteiger partial charge in [0.15, 0.2) is 0 Å². The summed E-state index contributed by atoms with van der Waals surface area (Å²) in [7, 11) is 0. The lowest BCUT2D eigenvalue weighted by atomic mass is 10.1. The summed E-state index contributed by atoms with van der Waals surface area (Å²) in [6.45, 7) is 5.35. The van der Waals surface area contributed by atoms with Crippen LogP contribution in [0.1, 0.15) is 25.5 Å². The number of hydrogen-bond donors (Lipinski definition) is 4. The van der Waals surface area contributed by atoms with Crippen molar-refractivity contribution in [1.29, 1.82) is 0 Å². The Kier molecular flexibility index (Phi) is 6.32. The Balaban J connectivity index is 2.19.